The first-order chi connectivity index (χ1) is 10.2. The molecular weight excluding hydrogens is 264 g/mol. The summed E-state index contributed by atoms with van der Waals surface area (Å²) in [7, 11) is 0. The molecule has 4 heteroatoms. The average Bonchev–Trinajstić information content (AvgIpc) is 2.48. The van der Waals surface area contributed by atoms with Gasteiger partial charge in [0.2, 0.25) is 0 Å². The molecule has 0 radical (unpaired) electrons. The van der Waals surface area contributed by atoms with E-state index in [0.717, 1.165) is 37.4 Å². The summed E-state index contributed by atoms with van der Waals surface area (Å²) < 4.78 is 11.5. The number of hydrogen-bond acceptors (Lipinski definition) is 4. The van der Waals surface area contributed by atoms with E-state index in [1.54, 1.807) is 0 Å². The Hall–Kier alpha value is -1.10. The maximum atomic E-state index is 6.46. The standard InChI is InChI=1S/C17H28N2O2/c1-4-14-12-21-13(3)10-19(14)11-16(18)15-8-6-7-9-17(15)20-5-2/h6-9,13-14,16H,4-5,10-12,18H2,1-3H3. The van der Waals surface area contributed by atoms with E-state index < -0.39 is 0 Å². The smallest absolute Gasteiger partial charge is 0.124 e. The third-order valence-electron chi connectivity index (χ3n) is 4.10. The van der Waals surface area contributed by atoms with Crippen molar-refractivity contribution in [2.24, 2.45) is 5.73 Å². The summed E-state index contributed by atoms with van der Waals surface area (Å²) in [6.45, 7) is 9.58. The first-order valence-corrected chi connectivity index (χ1v) is 7.98. The predicted octanol–water partition coefficient (Wildman–Crippen LogP) is 2.58. The first-order valence-electron chi connectivity index (χ1n) is 7.98. The van der Waals surface area contributed by atoms with Crippen molar-refractivity contribution in [3.05, 3.63) is 29.8 Å². The molecule has 1 fully saturated rings. The molecule has 2 N–H and O–H groups in total. The highest BCUT2D eigenvalue weighted by molar-refractivity contribution is 5.36. The fraction of sp³-hybridized carbons (Fsp3) is 0.647. The lowest BCUT2D eigenvalue weighted by molar-refractivity contribution is -0.0575. The molecule has 0 amide bonds. The van der Waals surface area contributed by atoms with Crippen LogP contribution in [-0.2, 0) is 4.74 Å². The van der Waals surface area contributed by atoms with Crippen LogP contribution in [0.1, 0.15) is 38.8 Å². The molecular formula is C17H28N2O2. The van der Waals surface area contributed by atoms with Gasteiger partial charge in [-0.15, -0.1) is 0 Å². The van der Waals surface area contributed by atoms with Crippen LogP contribution in [0.5, 0.6) is 5.75 Å². The molecule has 0 aliphatic carbocycles. The van der Waals surface area contributed by atoms with E-state index in [1.807, 2.05) is 25.1 Å². The highest BCUT2D eigenvalue weighted by atomic mass is 16.5. The molecule has 1 aliphatic heterocycles. The number of hydrogen-bond donors (Lipinski definition) is 1. The molecule has 1 aromatic rings. The summed E-state index contributed by atoms with van der Waals surface area (Å²) in [5.74, 6) is 0.904. The Labute approximate surface area is 128 Å². The Morgan fingerprint density at radius 3 is 2.86 bits per heavy atom. The molecule has 118 valence electrons. The van der Waals surface area contributed by atoms with Crippen LogP contribution in [0.25, 0.3) is 0 Å². The third kappa shape index (κ3) is 4.19. The van der Waals surface area contributed by atoms with Crippen LogP contribution < -0.4 is 10.5 Å². The van der Waals surface area contributed by atoms with Gasteiger partial charge in [0.25, 0.3) is 0 Å². The minimum Gasteiger partial charge on any atom is -0.494 e. The van der Waals surface area contributed by atoms with Gasteiger partial charge in [0.1, 0.15) is 5.75 Å². The lowest BCUT2D eigenvalue weighted by Crippen LogP contribution is -2.50. The van der Waals surface area contributed by atoms with E-state index >= 15 is 0 Å². The van der Waals surface area contributed by atoms with Gasteiger partial charge >= 0.3 is 0 Å². The molecule has 1 heterocycles. The Balaban J connectivity index is 2.07. The number of ether oxygens (including phenoxy) is 2. The molecule has 3 atom stereocenters. The number of morpholine rings is 1. The number of rotatable bonds is 6. The van der Waals surface area contributed by atoms with E-state index in [2.05, 4.69) is 24.8 Å². The highest BCUT2D eigenvalue weighted by Gasteiger charge is 2.27. The quantitative estimate of drug-likeness (QED) is 0.875. The van der Waals surface area contributed by atoms with Crippen LogP contribution in [0, 0.1) is 0 Å². The lowest BCUT2D eigenvalue weighted by atomic mass is 10.0. The van der Waals surface area contributed by atoms with Gasteiger partial charge in [0, 0.05) is 30.7 Å². The van der Waals surface area contributed by atoms with Crippen LogP contribution >= 0.6 is 0 Å². The van der Waals surface area contributed by atoms with Crippen LogP contribution in [0.3, 0.4) is 0 Å². The SMILES string of the molecule is CCOc1ccccc1C(N)CN1CC(C)OCC1CC. The molecule has 1 aliphatic rings. The second-order valence-corrected chi connectivity index (χ2v) is 5.74. The van der Waals surface area contributed by atoms with E-state index in [1.165, 1.54) is 0 Å². The molecule has 0 bridgehead atoms. The Bertz CT molecular complexity index is 439. The molecule has 0 aromatic heterocycles. The van der Waals surface area contributed by atoms with Crippen molar-refractivity contribution >= 4 is 0 Å². The van der Waals surface area contributed by atoms with Gasteiger partial charge in [-0.25, -0.2) is 0 Å². The number of nitrogens with two attached hydrogens (primary N) is 1. The monoisotopic (exact) mass is 292 g/mol. The molecule has 21 heavy (non-hydrogen) atoms. The van der Waals surface area contributed by atoms with E-state index in [9.17, 15) is 0 Å². The largest absolute Gasteiger partial charge is 0.494 e. The van der Waals surface area contributed by atoms with Crippen molar-refractivity contribution in [3.8, 4) is 5.75 Å². The summed E-state index contributed by atoms with van der Waals surface area (Å²) in [6.07, 6.45) is 1.37. The second-order valence-electron chi connectivity index (χ2n) is 5.74. The van der Waals surface area contributed by atoms with Crippen molar-refractivity contribution in [3.63, 3.8) is 0 Å². The fourth-order valence-electron chi connectivity index (χ4n) is 2.94. The summed E-state index contributed by atoms with van der Waals surface area (Å²) in [6, 6.07) is 8.51. The van der Waals surface area contributed by atoms with E-state index in [4.69, 9.17) is 15.2 Å². The van der Waals surface area contributed by atoms with Gasteiger partial charge in [-0.3, -0.25) is 4.90 Å². The molecule has 0 saturated carbocycles. The molecule has 4 nitrogen and oxygen atoms in total. The van der Waals surface area contributed by atoms with Gasteiger partial charge in [-0.2, -0.15) is 0 Å². The molecule has 1 saturated heterocycles. The van der Waals surface area contributed by atoms with Crippen LogP contribution in [0.2, 0.25) is 0 Å². The summed E-state index contributed by atoms with van der Waals surface area (Å²) >= 11 is 0. The Morgan fingerprint density at radius 1 is 1.38 bits per heavy atom. The van der Waals surface area contributed by atoms with Crippen molar-refractivity contribution in [2.75, 3.05) is 26.3 Å². The minimum absolute atomic E-state index is 0.0351. The van der Waals surface area contributed by atoms with Crippen molar-refractivity contribution in [1.29, 1.82) is 0 Å². The molecule has 2 rings (SSSR count). The van der Waals surface area contributed by atoms with Crippen LogP contribution in [-0.4, -0.2) is 43.3 Å². The first kappa shape index (κ1) is 16.3. The van der Waals surface area contributed by atoms with Crippen molar-refractivity contribution in [1.82, 2.24) is 4.90 Å². The zero-order chi connectivity index (χ0) is 15.2. The highest BCUT2D eigenvalue weighted by Crippen LogP contribution is 2.26. The Morgan fingerprint density at radius 2 is 2.14 bits per heavy atom. The number of benzene rings is 1. The van der Waals surface area contributed by atoms with Gasteiger partial charge in [-0.1, -0.05) is 25.1 Å². The number of para-hydroxylation sites is 1. The van der Waals surface area contributed by atoms with Gasteiger partial charge < -0.3 is 15.2 Å². The van der Waals surface area contributed by atoms with Crippen LogP contribution in [0.4, 0.5) is 0 Å². The van der Waals surface area contributed by atoms with Crippen molar-refractivity contribution in [2.45, 2.75) is 45.4 Å². The zero-order valence-electron chi connectivity index (χ0n) is 13.4. The van der Waals surface area contributed by atoms with E-state index in [-0.39, 0.29) is 12.1 Å². The maximum absolute atomic E-state index is 6.46. The van der Waals surface area contributed by atoms with E-state index in [0.29, 0.717) is 12.6 Å². The molecule has 3 unspecified atom stereocenters. The fourth-order valence-corrected chi connectivity index (χ4v) is 2.94. The second kappa shape index (κ2) is 7.78. The summed E-state index contributed by atoms with van der Waals surface area (Å²) in [5, 5.41) is 0. The topological polar surface area (TPSA) is 47.7 Å². The van der Waals surface area contributed by atoms with Gasteiger partial charge in [-0.05, 0) is 26.3 Å². The van der Waals surface area contributed by atoms with Gasteiger partial charge in [0.15, 0.2) is 0 Å². The maximum Gasteiger partial charge on any atom is 0.124 e. The average molecular weight is 292 g/mol. The minimum atomic E-state index is -0.0351. The van der Waals surface area contributed by atoms with Crippen molar-refractivity contribution < 1.29 is 9.47 Å². The predicted molar refractivity (Wildman–Crippen MR) is 85.6 cm³/mol. The van der Waals surface area contributed by atoms with Crippen LogP contribution in [0.15, 0.2) is 24.3 Å². The molecule has 1 aromatic carbocycles. The lowest BCUT2D eigenvalue weighted by Gasteiger charge is -2.39. The summed E-state index contributed by atoms with van der Waals surface area (Å²) in [4.78, 5) is 2.46. The Kier molecular flexibility index (Phi) is 6.03. The number of nitrogens with zero attached hydrogens (tertiary/aromatic N) is 1. The normalized spacial score (nSPS) is 24.8. The summed E-state index contributed by atoms with van der Waals surface area (Å²) in [5.41, 5.74) is 7.55. The third-order valence-corrected chi connectivity index (χ3v) is 4.10. The van der Waals surface area contributed by atoms with Gasteiger partial charge in [0.05, 0.1) is 19.3 Å². The zero-order valence-corrected chi connectivity index (χ0v) is 13.4. The molecule has 0 spiro atoms.